The molecule has 29 heavy (non-hydrogen) atoms. The van der Waals surface area contributed by atoms with Gasteiger partial charge >= 0.3 is 0 Å². The van der Waals surface area contributed by atoms with Crippen molar-refractivity contribution in [2.24, 2.45) is 0 Å². The van der Waals surface area contributed by atoms with E-state index in [-0.39, 0.29) is 12.1 Å². The maximum Gasteiger partial charge on any atom is 0.167 e. The van der Waals surface area contributed by atoms with Gasteiger partial charge in [0.25, 0.3) is 0 Å². The topological polar surface area (TPSA) is 238 Å². The Bertz CT molecular complexity index is 806. The van der Waals surface area contributed by atoms with Gasteiger partial charge in [-0.2, -0.15) is 0 Å². The fourth-order valence-corrected chi connectivity index (χ4v) is 2.58. The number of aldehydes is 1. The van der Waals surface area contributed by atoms with Crippen molar-refractivity contribution in [3.8, 4) is 0 Å². The van der Waals surface area contributed by atoms with Gasteiger partial charge in [-0.1, -0.05) is 0 Å². The number of aromatic nitrogens is 4. The van der Waals surface area contributed by atoms with Gasteiger partial charge in [-0.25, -0.2) is 15.0 Å². The number of ether oxygens (including phenoxy) is 1. The second-order valence-corrected chi connectivity index (χ2v) is 6.18. The van der Waals surface area contributed by atoms with Crippen molar-refractivity contribution in [3.05, 3.63) is 12.7 Å². The average molecular weight is 417 g/mol. The quantitative estimate of drug-likeness (QED) is 0.206. The summed E-state index contributed by atoms with van der Waals surface area (Å²) in [5, 5.41) is 62.8. The van der Waals surface area contributed by atoms with Crippen LogP contribution in [0.4, 0.5) is 5.82 Å². The van der Waals surface area contributed by atoms with E-state index in [9.17, 15) is 15.0 Å². The molecular weight excluding hydrogens is 394 g/mol. The lowest BCUT2D eigenvalue weighted by Gasteiger charge is -2.16. The maximum absolute atomic E-state index is 9.95. The minimum atomic E-state index is -1.64. The summed E-state index contributed by atoms with van der Waals surface area (Å²) >= 11 is 0. The lowest BCUT2D eigenvalue weighted by molar-refractivity contribution is -0.127. The second kappa shape index (κ2) is 9.95. The number of aliphatic hydroxyl groups excluding tert-OH is 7. The Kier molecular flexibility index (Phi) is 7.88. The van der Waals surface area contributed by atoms with Crippen molar-refractivity contribution in [1.82, 2.24) is 19.5 Å². The van der Waals surface area contributed by atoms with Crippen LogP contribution in [-0.4, -0.2) is 111 Å². The molecule has 7 atom stereocenters. The average Bonchev–Trinajstić information content (AvgIpc) is 3.28. The number of fused-ring (bicyclic) bond motifs is 1. The van der Waals surface area contributed by atoms with Gasteiger partial charge in [0.2, 0.25) is 0 Å². The van der Waals surface area contributed by atoms with Gasteiger partial charge < -0.3 is 51.0 Å². The van der Waals surface area contributed by atoms with Crippen LogP contribution in [0.3, 0.4) is 0 Å². The van der Waals surface area contributed by atoms with E-state index in [1.807, 2.05) is 0 Å². The van der Waals surface area contributed by atoms with Crippen LogP contribution < -0.4 is 5.73 Å². The van der Waals surface area contributed by atoms with E-state index in [1.54, 1.807) is 0 Å². The third kappa shape index (κ3) is 4.82. The molecule has 0 amide bonds. The summed E-state index contributed by atoms with van der Waals surface area (Å²) in [5.41, 5.74) is 6.44. The van der Waals surface area contributed by atoms with E-state index in [2.05, 4.69) is 15.0 Å². The Balaban J connectivity index is 0.000000257. The van der Waals surface area contributed by atoms with E-state index in [0.717, 1.165) is 0 Å². The van der Waals surface area contributed by atoms with E-state index < -0.39 is 56.1 Å². The molecular formula is C15H23N5O9. The zero-order valence-electron chi connectivity index (χ0n) is 15.0. The number of imidazole rings is 1. The molecule has 2 aromatic heterocycles. The van der Waals surface area contributed by atoms with Crippen LogP contribution in [-0.2, 0) is 9.53 Å². The first-order valence-corrected chi connectivity index (χ1v) is 8.42. The monoisotopic (exact) mass is 417 g/mol. The van der Waals surface area contributed by atoms with Gasteiger partial charge in [-0.05, 0) is 0 Å². The zero-order chi connectivity index (χ0) is 21.7. The number of carbonyl (C=O) groups excluding carboxylic acids is 1. The number of nitrogens with two attached hydrogens (primary N) is 1. The minimum Gasteiger partial charge on any atom is -0.394 e. The molecule has 0 aromatic carbocycles. The summed E-state index contributed by atoms with van der Waals surface area (Å²) in [7, 11) is 0. The van der Waals surface area contributed by atoms with Crippen molar-refractivity contribution < 1.29 is 45.3 Å². The highest BCUT2D eigenvalue weighted by Gasteiger charge is 2.43. The van der Waals surface area contributed by atoms with Gasteiger partial charge in [0, 0.05) is 0 Å². The second-order valence-electron chi connectivity index (χ2n) is 6.18. The summed E-state index contributed by atoms with van der Waals surface area (Å²) in [6.45, 7) is -1.08. The largest absolute Gasteiger partial charge is 0.394 e. The van der Waals surface area contributed by atoms with Crippen molar-refractivity contribution in [3.63, 3.8) is 0 Å². The highest BCUT2D eigenvalue weighted by molar-refractivity contribution is 5.81. The van der Waals surface area contributed by atoms with Crippen LogP contribution in [0.15, 0.2) is 12.7 Å². The van der Waals surface area contributed by atoms with Crippen LogP contribution in [0.5, 0.6) is 0 Å². The molecule has 0 aliphatic carbocycles. The summed E-state index contributed by atoms with van der Waals surface area (Å²) < 4.78 is 6.85. The molecule has 0 spiro atoms. The highest BCUT2D eigenvalue weighted by Crippen LogP contribution is 2.31. The van der Waals surface area contributed by atoms with Gasteiger partial charge in [0.1, 0.15) is 48.5 Å². The molecule has 9 N–H and O–H groups in total. The number of nitrogen functional groups attached to an aromatic ring is 1. The van der Waals surface area contributed by atoms with E-state index >= 15 is 0 Å². The molecule has 14 heteroatoms. The predicted octanol–water partition coefficient (Wildman–Crippen LogP) is -4.72. The smallest absolute Gasteiger partial charge is 0.167 e. The third-order valence-electron chi connectivity index (χ3n) is 4.25. The lowest BCUT2D eigenvalue weighted by atomic mass is 10.1. The summed E-state index contributed by atoms with van der Waals surface area (Å²) in [5.74, 6) is 0.218. The number of anilines is 1. The third-order valence-corrected chi connectivity index (χ3v) is 4.25. The molecule has 0 unspecified atom stereocenters. The van der Waals surface area contributed by atoms with Crippen molar-refractivity contribution in [1.29, 1.82) is 0 Å². The number of hydrogen-bond donors (Lipinski definition) is 8. The van der Waals surface area contributed by atoms with Gasteiger partial charge in [-0.15, -0.1) is 0 Å². The Morgan fingerprint density at radius 3 is 2.41 bits per heavy atom. The predicted molar refractivity (Wildman–Crippen MR) is 93.9 cm³/mol. The van der Waals surface area contributed by atoms with Crippen LogP contribution in [0.25, 0.3) is 11.2 Å². The Morgan fingerprint density at radius 2 is 1.86 bits per heavy atom. The summed E-state index contributed by atoms with van der Waals surface area (Å²) in [6.07, 6.45) is -6.05. The fraction of sp³-hybridized carbons (Fsp3) is 0.600. The Morgan fingerprint density at radius 1 is 1.17 bits per heavy atom. The van der Waals surface area contributed by atoms with E-state index in [0.29, 0.717) is 11.2 Å². The number of carbonyl (C=O) groups is 1. The molecule has 0 radical (unpaired) electrons. The molecule has 0 bridgehead atoms. The minimum absolute atomic E-state index is 0.0869. The van der Waals surface area contributed by atoms with Gasteiger partial charge in [0.05, 0.1) is 19.5 Å². The first kappa shape index (κ1) is 23.0. The number of aliphatic hydroxyl groups is 7. The molecule has 1 saturated heterocycles. The normalized spacial score (nSPS) is 27.1. The number of nitrogens with zero attached hydrogens (tertiary/aromatic N) is 4. The molecule has 14 nitrogen and oxygen atoms in total. The summed E-state index contributed by atoms with van der Waals surface area (Å²) in [4.78, 5) is 21.7. The molecule has 3 rings (SSSR count). The molecule has 3 heterocycles. The molecule has 1 fully saturated rings. The zero-order valence-corrected chi connectivity index (χ0v) is 15.0. The first-order valence-electron chi connectivity index (χ1n) is 8.42. The molecule has 1 aliphatic heterocycles. The first-order chi connectivity index (χ1) is 13.8. The van der Waals surface area contributed by atoms with Crippen molar-refractivity contribution in [2.75, 3.05) is 18.9 Å². The molecule has 162 valence electrons. The maximum atomic E-state index is 9.95. The Labute approximate surface area is 163 Å². The molecule has 2 aromatic rings. The van der Waals surface area contributed by atoms with Gasteiger partial charge in [-0.3, -0.25) is 4.57 Å². The number of hydrogen-bond acceptors (Lipinski definition) is 13. The SMILES string of the molecule is Nc1ncnc2c1ncn2[C@@H]1O[C@H](CO)[C@@H](O)[C@H]1O.O=C[C@@H](O)[C@@H](O)[C@@H](O)CO. The Hall–Kier alpha value is -2.30. The summed E-state index contributed by atoms with van der Waals surface area (Å²) in [6, 6.07) is 0. The molecule has 0 saturated carbocycles. The number of rotatable bonds is 6. The van der Waals surface area contributed by atoms with Crippen LogP contribution in [0.2, 0.25) is 0 Å². The fourth-order valence-electron chi connectivity index (χ4n) is 2.58. The van der Waals surface area contributed by atoms with Crippen LogP contribution in [0.1, 0.15) is 6.23 Å². The standard InChI is InChI=1S/C10H13N5O4.C5H10O5/c11-8-5-9(13-2-12-8)15(3-14-5)10-7(18)6(17)4(1-16)19-10;6-1-3(8)5(10)4(9)2-7/h2-4,6-7,10,16-18H,1H2,(H2,11,12,13);1,3-5,7-10H,2H2/t4-,6-,7-,10-;3-,4+,5-/m11/s1. The van der Waals surface area contributed by atoms with E-state index in [1.165, 1.54) is 17.2 Å². The van der Waals surface area contributed by atoms with Crippen molar-refractivity contribution >= 4 is 23.3 Å². The van der Waals surface area contributed by atoms with Crippen LogP contribution >= 0.6 is 0 Å². The van der Waals surface area contributed by atoms with Gasteiger partial charge in [0.15, 0.2) is 24.0 Å². The highest BCUT2D eigenvalue weighted by atomic mass is 16.6. The molecule has 1 aliphatic rings. The lowest BCUT2D eigenvalue weighted by Crippen LogP contribution is -2.40. The van der Waals surface area contributed by atoms with Crippen LogP contribution in [0, 0.1) is 0 Å². The van der Waals surface area contributed by atoms with Crippen molar-refractivity contribution in [2.45, 2.75) is 42.9 Å². The van der Waals surface area contributed by atoms with E-state index in [4.69, 9.17) is 36.0 Å².